The third kappa shape index (κ3) is 4.52. The number of carbonyl (C=O) groups is 4. The Labute approximate surface area is 190 Å². The van der Waals surface area contributed by atoms with Crippen molar-refractivity contribution < 1.29 is 19.2 Å². The Kier molecular flexibility index (Phi) is 6.27. The van der Waals surface area contributed by atoms with E-state index >= 15 is 0 Å². The lowest BCUT2D eigenvalue weighted by Crippen LogP contribution is -2.53. The maximum absolute atomic E-state index is 13.0. The Balaban J connectivity index is 1.31. The van der Waals surface area contributed by atoms with Gasteiger partial charge < -0.3 is 15.1 Å². The molecule has 2 aliphatic rings. The van der Waals surface area contributed by atoms with Crippen LogP contribution in [0.5, 0.6) is 0 Å². The fourth-order valence-corrected chi connectivity index (χ4v) is 4.74. The lowest BCUT2D eigenvalue weighted by atomic mass is 9.93. The maximum Gasteiger partial charge on any atom is 0.325 e. The van der Waals surface area contributed by atoms with E-state index < -0.39 is 11.6 Å². The lowest BCUT2D eigenvalue weighted by molar-refractivity contribution is -0.139. The van der Waals surface area contributed by atoms with Crippen molar-refractivity contribution in [2.45, 2.75) is 25.3 Å². The van der Waals surface area contributed by atoms with Crippen LogP contribution >= 0.6 is 11.3 Å². The van der Waals surface area contributed by atoms with Crippen LogP contribution in [0.15, 0.2) is 47.8 Å². The van der Waals surface area contributed by atoms with Crippen LogP contribution in [0.25, 0.3) is 0 Å². The number of hydrogen-bond donors (Lipinski definition) is 1. The number of aryl methyl sites for hydroxylation is 1. The first-order valence-corrected chi connectivity index (χ1v) is 11.5. The number of carbonyl (C=O) groups excluding carboxylic acids is 4. The molecular weight excluding hydrogens is 428 g/mol. The molecule has 1 N–H and O–H groups in total. The molecule has 2 aromatic rings. The topological polar surface area (TPSA) is 90.0 Å². The average molecular weight is 455 g/mol. The zero-order valence-electron chi connectivity index (χ0n) is 18.0. The van der Waals surface area contributed by atoms with Gasteiger partial charge in [-0.15, -0.1) is 11.3 Å². The third-order valence-electron chi connectivity index (χ3n) is 6.05. The molecule has 0 bridgehead atoms. The third-order valence-corrected chi connectivity index (χ3v) is 6.90. The van der Waals surface area contributed by atoms with E-state index in [2.05, 4.69) is 5.32 Å². The van der Waals surface area contributed by atoms with Crippen LogP contribution in [0.2, 0.25) is 0 Å². The molecule has 5 amide bonds. The number of benzene rings is 1. The number of piperazine rings is 1. The van der Waals surface area contributed by atoms with Crippen molar-refractivity contribution in [3.8, 4) is 0 Å². The summed E-state index contributed by atoms with van der Waals surface area (Å²) >= 11 is 1.40. The molecule has 0 aliphatic carbocycles. The molecule has 2 fully saturated rings. The molecule has 0 spiro atoms. The predicted octanol–water partition coefficient (Wildman–Crippen LogP) is 1.98. The Morgan fingerprint density at radius 2 is 1.69 bits per heavy atom. The molecule has 168 valence electrons. The highest BCUT2D eigenvalue weighted by Gasteiger charge is 2.48. The van der Waals surface area contributed by atoms with Crippen molar-refractivity contribution >= 4 is 35.1 Å². The molecule has 32 heavy (non-hydrogen) atoms. The summed E-state index contributed by atoms with van der Waals surface area (Å²) in [5, 5.41) is 4.62. The summed E-state index contributed by atoms with van der Waals surface area (Å²) < 4.78 is 0. The number of urea groups is 1. The summed E-state index contributed by atoms with van der Waals surface area (Å²) in [4.78, 5) is 55.7. The van der Waals surface area contributed by atoms with E-state index in [1.54, 1.807) is 22.8 Å². The van der Waals surface area contributed by atoms with Crippen molar-refractivity contribution in [2.24, 2.45) is 0 Å². The molecular formula is C23H26N4O4S. The Hall–Kier alpha value is -3.20. The van der Waals surface area contributed by atoms with Crippen molar-refractivity contribution in [1.82, 2.24) is 20.0 Å². The number of rotatable bonds is 6. The second-order valence-electron chi connectivity index (χ2n) is 8.29. The van der Waals surface area contributed by atoms with E-state index in [9.17, 15) is 19.2 Å². The number of amides is 5. The molecule has 1 unspecified atom stereocenters. The van der Waals surface area contributed by atoms with Gasteiger partial charge in [0.1, 0.15) is 12.1 Å². The fraction of sp³-hybridized carbons (Fsp3) is 0.391. The summed E-state index contributed by atoms with van der Waals surface area (Å²) in [5.41, 5.74) is 0.0548. The summed E-state index contributed by atoms with van der Waals surface area (Å²) in [5.74, 6) is -0.697. The van der Waals surface area contributed by atoms with Crippen molar-refractivity contribution in [1.29, 1.82) is 0 Å². The van der Waals surface area contributed by atoms with Crippen molar-refractivity contribution in [3.05, 3.63) is 58.3 Å². The van der Waals surface area contributed by atoms with Gasteiger partial charge in [-0.2, -0.15) is 0 Å². The minimum atomic E-state index is -1.03. The quantitative estimate of drug-likeness (QED) is 0.676. The smallest absolute Gasteiger partial charge is 0.325 e. The normalized spacial score (nSPS) is 21.1. The van der Waals surface area contributed by atoms with E-state index in [1.165, 1.54) is 11.3 Å². The van der Waals surface area contributed by atoms with Gasteiger partial charge in [-0.05, 0) is 36.8 Å². The molecule has 9 heteroatoms. The number of hydrogen-bond acceptors (Lipinski definition) is 5. The van der Waals surface area contributed by atoms with E-state index in [0.717, 1.165) is 10.5 Å². The summed E-state index contributed by atoms with van der Waals surface area (Å²) in [7, 11) is 0. The fourth-order valence-electron chi connectivity index (χ4n) is 4.05. The molecule has 0 saturated carbocycles. The largest absolute Gasteiger partial charge is 0.338 e. The highest BCUT2D eigenvalue weighted by molar-refractivity contribution is 7.12. The predicted molar refractivity (Wildman–Crippen MR) is 120 cm³/mol. The first-order chi connectivity index (χ1) is 15.4. The molecule has 1 aromatic heterocycles. The molecule has 2 aliphatic heterocycles. The average Bonchev–Trinajstić information content (AvgIpc) is 3.42. The van der Waals surface area contributed by atoms with Gasteiger partial charge in [-0.1, -0.05) is 36.4 Å². The van der Waals surface area contributed by atoms with Crippen molar-refractivity contribution in [3.63, 3.8) is 0 Å². The van der Waals surface area contributed by atoms with Gasteiger partial charge in [-0.25, -0.2) is 4.79 Å². The first-order valence-electron chi connectivity index (χ1n) is 10.7. The van der Waals surface area contributed by atoms with Gasteiger partial charge >= 0.3 is 6.03 Å². The van der Waals surface area contributed by atoms with Crippen LogP contribution in [-0.2, 0) is 16.0 Å². The summed E-state index contributed by atoms with van der Waals surface area (Å²) in [6.07, 6.45) is 1.10. The number of nitrogens with zero attached hydrogens (tertiary/aromatic N) is 3. The molecule has 4 rings (SSSR count). The monoisotopic (exact) mass is 454 g/mol. The minimum Gasteiger partial charge on any atom is -0.338 e. The van der Waals surface area contributed by atoms with Gasteiger partial charge in [0.05, 0.1) is 4.88 Å². The standard InChI is InChI=1S/C23H26N4O4S/c1-23(10-9-17-6-3-2-4-7-17)21(30)27(22(31)24-23)16-19(28)25-11-13-26(14-12-25)20(29)18-8-5-15-32-18/h2-8,15H,9-14,16H2,1H3,(H,24,31). The van der Waals surface area contributed by atoms with Gasteiger partial charge in [0, 0.05) is 26.2 Å². The molecule has 8 nitrogen and oxygen atoms in total. The van der Waals surface area contributed by atoms with Crippen molar-refractivity contribution in [2.75, 3.05) is 32.7 Å². The number of imide groups is 1. The molecule has 1 atom stereocenters. The second kappa shape index (κ2) is 9.12. The van der Waals surface area contributed by atoms with Crippen LogP contribution in [0.3, 0.4) is 0 Å². The maximum atomic E-state index is 13.0. The molecule has 1 aromatic carbocycles. The van der Waals surface area contributed by atoms with Gasteiger partial charge in [0.15, 0.2) is 0 Å². The van der Waals surface area contributed by atoms with Crippen LogP contribution in [0, 0.1) is 0 Å². The van der Waals surface area contributed by atoms with E-state index in [0.29, 0.717) is 43.9 Å². The number of thiophene rings is 1. The van der Waals surface area contributed by atoms with Crippen LogP contribution in [0.4, 0.5) is 4.79 Å². The molecule has 3 heterocycles. The second-order valence-corrected chi connectivity index (χ2v) is 9.24. The van der Waals surface area contributed by atoms with Crippen LogP contribution < -0.4 is 5.32 Å². The first kappa shape index (κ1) is 22.0. The Morgan fingerprint density at radius 1 is 1.00 bits per heavy atom. The van der Waals surface area contributed by atoms with Crippen LogP contribution in [-0.4, -0.2) is 76.7 Å². The SMILES string of the molecule is CC1(CCc2ccccc2)NC(=O)N(CC(=O)N2CCN(C(=O)c3cccs3)CC2)C1=O. The van der Waals surface area contributed by atoms with Gasteiger partial charge in [0.2, 0.25) is 5.91 Å². The Morgan fingerprint density at radius 3 is 2.34 bits per heavy atom. The highest BCUT2D eigenvalue weighted by atomic mass is 32.1. The molecule has 2 saturated heterocycles. The summed E-state index contributed by atoms with van der Waals surface area (Å²) in [6, 6.07) is 12.9. The minimum absolute atomic E-state index is 0.0321. The highest BCUT2D eigenvalue weighted by Crippen LogP contribution is 2.23. The zero-order valence-corrected chi connectivity index (χ0v) is 18.8. The van der Waals surface area contributed by atoms with Crippen LogP contribution in [0.1, 0.15) is 28.6 Å². The van der Waals surface area contributed by atoms with E-state index in [1.807, 2.05) is 41.8 Å². The van der Waals surface area contributed by atoms with Gasteiger partial charge in [0.25, 0.3) is 11.8 Å². The number of nitrogens with one attached hydrogen (secondary N) is 1. The van der Waals surface area contributed by atoms with E-state index in [-0.39, 0.29) is 24.3 Å². The van der Waals surface area contributed by atoms with Gasteiger partial charge in [-0.3, -0.25) is 19.3 Å². The Bertz CT molecular complexity index is 1000. The lowest BCUT2D eigenvalue weighted by Gasteiger charge is -2.35. The summed E-state index contributed by atoms with van der Waals surface area (Å²) in [6.45, 7) is 3.03. The zero-order chi connectivity index (χ0) is 22.7. The molecule has 0 radical (unpaired) electrons. The van der Waals surface area contributed by atoms with E-state index in [4.69, 9.17) is 0 Å².